The third-order valence-corrected chi connectivity index (χ3v) is 5.71. The van der Waals surface area contributed by atoms with E-state index in [1.54, 1.807) is 12.5 Å². The molecule has 2 aromatic carbocycles. The Kier molecular flexibility index (Phi) is 5.99. The summed E-state index contributed by atoms with van der Waals surface area (Å²) in [7, 11) is 1.84. The molecule has 34 heavy (non-hydrogen) atoms. The average molecular weight is 448 g/mol. The number of fused-ring (bicyclic) bond motifs is 1. The van der Waals surface area contributed by atoms with E-state index >= 15 is 0 Å². The molecule has 7 heteroatoms. The van der Waals surface area contributed by atoms with Crippen molar-refractivity contribution in [3.8, 4) is 11.3 Å². The van der Waals surface area contributed by atoms with E-state index < -0.39 is 0 Å². The van der Waals surface area contributed by atoms with E-state index in [0.717, 1.165) is 50.7 Å². The lowest BCUT2D eigenvalue weighted by molar-refractivity contribution is 1.12. The summed E-state index contributed by atoms with van der Waals surface area (Å²) in [5.74, 6) is 2.33. The zero-order valence-corrected chi connectivity index (χ0v) is 19.1. The van der Waals surface area contributed by atoms with E-state index in [2.05, 4.69) is 67.1 Å². The maximum atomic E-state index is 4.63. The lowest BCUT2D eigenvalue weighted by atomic mass is 10.0. The molecule has 0 amide bonds. The minimum atomic E-state index is 0.704. The number of pyridine rings is 2. The lowest BCUT2D eigenvalue weighted by Gasteiger charge is -2.17. The van der Waals surface area contributed by atoms with E-state index in [1.807, 2.05) is 55.7 Å². The van der Waals surface area contributed by atoms with Gasteiger partial charge in [-0.05, 0) is 36.2 Å². The summed E-state index contributed by atoms with van der Waals surface area (Å²) in [6.07, 6.45) is 5.17. The number of hydrogen-bond acceptors (Lipinski definition) is 7. The van der Waals surface area contributed by atoms with Crippen LogP contribution in [0.5, 0.6) is 0 Å². The predicted octanol–water partition coefficient (Wildman–Crippen LogP) is 5.79. The van der Waals surface area contributed by atoms with Crippen molar-refractivity contribution in [2.24, 2.45) is 0 Å². The van der Waals surface area contributed by atoms with Crippen LogP contribution in [0.15, 0.2) is 85.5 Å². The lowest BCUT2D eigenvalue weighted by Crippen LogP contribution is -2.04. The number of anilines is 4. The highest BCUT2D eigenvalue weighted by Gasteiger charge is 2.14. The smallest absolute Gasteiger partial charge is 0.139 e. The molecular weight excluding hydrogens is 422 g/mol. The van der Waals surface area contributed by atoms with Gasteiger partial charge in [0, 0.05) is 48.4 Å². The van der Waals surface area contributed by atoms with Gasteiger partial charge in [0.2, 0.25) is 0 Å². The minimum absolute atomic E-state index is 0.704. The van der Waals surface area contributed by atoms with E-state index in [4.69, 9.17) is 0 Å². The van der Waals surface area contributed by atoms with Crippen LogP contribution in [0.2, 0.25) is 0 Å². The first kappa shape index (κ1) is 21.3. The van der Waals surface area contributed by atoms with E-state index in [9.17, 15) is 0 Å². The van der Waals surface area contributed by atoms with Crippen LogP contribution in [0.25, 0.3) is 22.0 Å². The van der Waals surface area contributed by atoms with Crippen LogP contribution in [0.1, 0.15) is 11.1 Å². The third kappa shape index (κ3) is 4.36. The number of rotatable bonds is 7. The van der Waals surface area contributed by atoms with Crippen LogP contribution < -0.4 is 16.0 Å². The van der Waals surface area contributed by atoms with Crippen molar-refractivity contribution >= 4 is 33.9 Å². The van der Waals surface area contributed by atoms with Crippen molar-refractivity contribution in [3.05, 3.63) is 96.6 Å². The molecule has 0 atom stereocenters. The first-order chi connectivity index (χ1) is 16.7. The molecule has 0 aliphatic carbocycles. The second kappa shape index (κ2) is 9.54. The Morgan fingerprint density at radius 3 is 2.47 bits per heavy atom. The minimum Gasteiger partial charge on any atom is -0.373 e. The molecule has 0 unspecified atom stereocenters. The third-order valence-electron chi connectivity index (χ3n) is 5.71. The normalized spacial score (nSPS) is 10.8. The molecular formula is C27H25N7. The quantitative estimate of drug-likeness (QED) is 0.291. The molecule has 5 aromatic rings. The summed E-state index contributed by atoms with van der Waals surface area (Å²) in [4.78, 5) is 17.9. The topological polar surface area (TPSA) is 87.7 Å². The van der Waals surface area contributed by atoms with Gasteiger partial charge in [-0.2, -0.15) is 0 Å². The molecule has 5 rings (SSSR count). The molecule has 0 bridgehead atoms. The van der Waals surface area contributed by atoms with Gasteiger partial charge >= 0.3 is 0 Å². The van der Waals surface area contributed by atoms with Gasteiger partial charge in [-0.15, -0.1) is 0 Å². The molecule has 0 spiro atoms. The Balaban J connectivity index is 1.52. The Morgan fingerprint density at radius 2 is 1.62 bits per heavy atom. The molecule has 0 saturated heterocycles. The van der Waals surface area contributed by atoms with Crippen LogP contribution in [-0.4, -0.2) is 27.0 Å². The molecule has 0 aliphatic rings. The van der Waals surface area contributed by atoms with Gasteiger partial charge in [0.15, 0.2) is 0 Å². The highest BCUT2D eigenvalue weighted by molar-refractivity contribution is 6.02. The van der Waals surface area contributed by atoms with Crippen molar-refractivity contribution in [3.63, 3.8) is 0 Å². The van der Waals surface area contributed by atoms with Crippen molar-refractivity contribution in [1.82, 2.24) is 19.9 Å². The van der Waals surface area contributed by atoms with Crippen LogP contribution in [-0.2, 0) is 6.54 Å². The fourth-order valence-electron chi connectivity index (χ4n) is 3.92. The first-order valence-electron chi connectivity index (χ1n) is 11.1. The second-order valence-electron chi connectivity index (χ2n) is 7.91. The Hall–Kier alpha value is -4.52. The zero-order valence-electron chi connectivity index (χ0n) is 19.1. The molecule has 168 valence electrons. The molecule has 0 radical (unpaired) electrons. The number of aryl methyl sites for hydroxylation is 1. The van der Waals surface area contributed by atoms with Gasteiger partial charge in [0.1, 0.15) is 23.8 Å². The van der Waals surface area contributed by atoms with Crippen molar-refractivity contribution in [2.75, 3.05) is 23.0 Å². The molecule has 3 N–H and O–H groups in total. The largest absolute Gasteiger partial charge is 0.373 e. The maximum absolute atomic E-state index is 4.63. The van der Waals surface area contributed by atoms with E-state index in [-0.39, 0.29) is 0 Å². The molecule has 7 nitrogen and oxygen atoms in total. The highest BCUT2D eigenvalue weighted by Crippen LogP contribution is 2.35. The van der Waals surface area contributed by atoms with Crippen LogP contribution in [0, 0.1) is 6.92 Å². The second-order valence-corrected chi connectivity index (χ2v) is 7.91. The molecule has 3 heterocycles. The molecule has 0 saturated carbocycles. The number of nitrogens with zero attached hydrogens (tertiary/aromatic N) is 4. The van der Waals surface area contributed by atoms with Gasteiger partial charge in [0.05, 0.1) is 11.4 Å². The van der Waals surface area contributed by atoms with Crippen molar-refractivity contribution in [1.29, 1.82) is 0 Å². The summed E-state index contributed by atoms with van der Waals surface area (Å²) in [6, 6.07) is 22.4. The van der Waals surface area contributed by atoms with Crippen LogP contribution in [0.4, 0.5) is 23.1 Å². The van der Waals surface area contributed by atoms with Crippen LogP contribution >= 0.6 is 0 Å². The molecule has 0 fully saturated rings. The van der Waals surface area contributed by atoms with Gasteiger partial charge in [-0.3, -0.25) is 0 Å². The number of benzene rings is 2. The highest BCUT2D eigenvalue weighted by atomic mass is 15.0. The standard InChI is InChI=1S/C27H25N7/c1-18-10-11-21-20(12-14-30-26(21)31-16-19-7-4-3-5-8-19)25(18)34-27-22(9-6-13-29-27)23-15-24(28-2)33-17-32-23/h3-15,17H,16H2,1-2H3,(H,29,34)(H,30,31)(H,28,32,33). The average Bonchev–Trinajstić information content (AvgIpc) is 2.90. The summed E-state index contributed by atoms with van der Waals surface area (Å²) >= 11 is 0. The van der Waals surface area contributed by atoms with Gasteiger partial charge in [-0.1, -0.05) is 42.5 Å². The molecule has 3 aromatic heterocycles. The summed E-state index contributed by atoms with van der Waals surface area (Å²) in [6.45, 7) is 2.79. The summed E-state index contributed by atoms with van der Waals surface area (Å²) < 4.78 is 0. The fraction of sp³-hybridized carbons (Fsp3) is 0.111. The van der Waals surface area contributed by atoms with Crippen LogP contribution in [0.3, 0.4) is 0 Å². The predicted molar refractivity (Wildman–Crippen MR) is 138 cm³/mol. The van der Waals surface area contributed by atoms with Gasteiger partial charge < -0.3 is 16.0 Å². The Bertz CT molecular complexity index is 1430. The van der Waals surface area contributed by atoms with Gasteiger partial charge in [0.25, 0.3) is 0 Å². The summed E-state index contributed by atoms with van der Waals surface area (Å²) in [5, 5.41) is 12.2. The summed E-state index contributed by atoms with van der Waals surface area (Å²) in [5.41, 5.74) is 5.00. The SMILES string of the molecule is CNc1cc(-c2cccnc2Nc2c(C)ccc3c(NCc4ccccc4)nccc23)ncn1. The number of aromatic nitrogens is 4. The van der Waals surface area contributed by atoms with E-state index in [1.165, 1.54) is 5.56 Å². The number of hydrogen-bond donors (Lipinski definition) is 3. The zero-order chi connectivity index (χ0) is 23.3. The van der Waals surface area contributed by atoms with E-state index in [0.29, 0.717) is 6.54 Å². The monoisotopic (exact) mass is 447 g/mol. The first-order valence-corrected chi connectivity index (χ1v) is 11.1. The Morgan fingerprint density at radius 1 is 0.765 bits per heavy atom. The maximum Gasteiger partial charge on any atom is 0.139 e. The van der Waals surface area contributed by atoms with Crippen molar-refractivity contribution in [2.45, 2.75) is 13.5 Å². The molecule has 0 aliphatic heterocycles. The van der Waals surface area contributed by atoms with Gasteiger partial charge in [-0.25, -0.2) is 19.9 Å². The fourth-order valence-corrected chi connectivity index (χ4v) is 3.92. The van der Waals surface area contributed by atoms with Crippen molar-refractivity contribution < 1.29 is 0 Å². The number of nitrogens with one attached hydrogen (secondary N) is 3. The Labute approximate surface area is 198 Å².